The molecule has 8 heteroatoms. The van der Waals surface area contributed by atoms with Crippen molar-refractivity contribution in [3.05, 3.63) is 30.1 Å². The van der Waals surface area contributed by atoms with Crippen LogP contribution in [0.2, 0.25) is 0 Å². The number of carbonyl (C=O) groups excluding carboxylic acids is 2. The molecule has 0 aliphatic carbocycles. The maximum atomic E-state index is 12.0. The Morgan fingerprint density at radius 2 is 2.12 bits per heavy atom. The summed E-state index contributed by atoms with van der Waals surface area (Å²) in [6.07, 6.45) is 6.11. The molecule has 8 nitrogen and oxygen atoms in total. The van der Waals surface area contributed by atoms with Crippen LogP contribution in [0.25, 0.3) is 17.1 Å². The van der Waals surface area contributed by atoms with Crippen molar-refractivity contribution < 1.29 is 14.7 Å². The lowest BCUT2D eigenvalue weighted by Gasteiger charge is -2.36. The Bertz CT molecular complexity index is 834. The van der Waals surface area contributed by atoms with E-state index in [0.717, 1.165) is 22.3 Å². The molecule has 3 rings (SSSR count). The van der Waals surface area contributed by atoms with Gasteiger partial charge in [-0.2, -0.15) is 0 Å². The molecule has 1 aliphatic heterocycles. The smallest absolute Gasteiger partial charge is 0.241 e. The van der Waals surface area contributed by atoms with Gasteiger partial charge in [0, 0.05) is 49.4 Å². The van der Waals surface area contributed by atoms with Crippen molar-refractivity contribution in [3.63, 3.8) is 0 Å². The summed E-state index contributed by atoms with van der Waals surface area (Å²) in [5.41, 5.74) is 7.71. The minimum absolute atomic E-state index is 0.0160. The molecule has 0 radical (unpaired) electrons. The number of pyridine rings is 1. The number of aromatic nitrogens is 2. The number of hydrogen-bond donors (Lipinski definition) is 3. The van der Waals surface area contributed by atoms with Crippen molar-refractivity contribution in [2.75, 3.05) is 31.1 Å². The highest BCUT2D eigenvalue weighted by atomic mass is 16.3. The Hall–Kier alpha value is -2.87. The number of primary amides is 1. The summed E-state index contributed by atoms with van der Waals surface area (Å²) >= 11 is 0. The van der Waals surface area contributed by atoms with Crippen molar-refractivity contribution in [1.29, 1.82) is 0 Å². The SMILES string of the molecule is CC(O)CC(=O)N1CCN(c2cnc3[nH]cc(/C=C/C(N)=O)c3c2)CC1. The molecule has 3 heterocycles. The number of hydrogen-bond acceptors (Lipinski definition) is 5. The normalized spacial score (nSPS) is 16.4. The summed E-state index contributed by atoms with van der Waals surface area (Å²) < 4.78 is 0. The van der Waals surface area contributed by atoms with Crippen molar-refractivity contribution in [2.24, 2.45) is 5.73 Å². The summed E-state index contributed by atoms with van der Waals surface area (Å²) in [5.74, 6) is -0.515. The molecular formula is C18H23N5O3. The summed E-state index contributed by atoms with van der Waals surface area (Å²) in [5, 5.41) is 10.3. The molecule has 2 aromatic heterocycles. The second-order valence-corrected chi connectivity index (χ2v) is 6.49. The number of H-pyrrole nitrogens is 1. The third-order valence-electron chi connectivity index (χ3n) is 4.44. The largest absolute Gasteiger partial charge is 0.393 e. The van der Waals surface area contributed by atoms with E-state index >= 15 is 0 Å². The fourth-order valence-electron chi connectivity index (χ4n) is 3.09. The number of aromatic amines is 1. The van der Waals surface area contributed by atoms with Crippen molar-refractivity contribution in [2.45, 2.75) is 19.4 Å². The van der Waals surface area contributed by atoms with E-state index in [1.54, 1.807) is 30.3 Å². The van der Waals surface area contributed by atoms with Gasteiger partial charge in [0.2, 0.25) is 11.8 Å². The van der Waals surface area contributed by atoms with E-state index in [0.29, 0.717) is 26.2 Å². The highest BCUT2D eigenvalue weighted by Gasteiger charge is 2.22. The second kappa shape index (κ2) is 7.57. The number of anilines is 1. The van der Waals surface area contributed by atoms with Gasteiger partial charge in [0.25, 0.3) is 0 Å². The van der Waals surface area contributed by atoms with Gasteiger partial charge >= 0.3 is 0 Å². The molecule has 0 spiro atoms. The molecule has 0 saturated carbocycles. The maximum Gasteiger partial charge on any atom is 0.241 e. The number of carbonyl (C=O) groups is 2. The van der Waals surface area contributed by atoms with Gasteiger partial charge in [-0.15, -0.1) is 0 Å². The van der Waals surface area contributed by atoms with Gasteiger partial charge in [-0.25, -0.2) is 4.98 Å². The first kappa shape index (κ1) is 17.9. The lowest BCUT2D eigenvalue weighted by Crippen LogP contribution is -2.49. The predicted molar refractivity (Wildman–Crippen MR) is 99.4 cm³/mol. The topological polar surface area (TPSA) is 116 Å². The monoisotopic (exact) mass is 357 g/mol. The highest BCUT2D eigenvalue weighted by molar-refractivity contribution is 5.95. The van der Waals surface area contributed by atoms with Gasteiger partial charge in [-0.3, -0.25) is 9.59 Å². The van der Waals surface area contributed by atoms with Gasteiger partial charge in [-0.1, -0.05) is 0 Å². The fraction of sp³-hybridized carbons (Fsp3) is 0.389. The van der Waals surface area contributed by atoms with Gasteiger partial charge in [0.05, 0.1) is 24.4 Å². The molecule has 1 aliphatic rings. The van der Waals surface area contributed by atoms with Crippen molar-refractivity contribution >= 4 is 34.6 Å². The average molecular weight is 357 g/mol. The molecule has 2 aromatic rings. The zero-order chi connectivity index (χ0) is 18.7. The van der Waals surface area contributed by atoms with E-state index in [-0.39, 0.29) is 12.3 Å². The predicted octanol–water partition coefficient (Wildman–Crippen LogP) is 0.481. The van der Waals surface area contributed by atoms with Crippen LogP contribution >= 0.6 is 0 Å². The Labute approximate surface area is 151 Å². The van der Waals surface area contributed by atoms with Crippen molar-refractivity contribution in [1.82, 2.24) is 14.9 Å². The van der Waals surface area contributed by atoms with Crippen LogP contribution in [0.3, 0.4) is 0 Å². The number of nitrogens with one attached hydrogen (secondary N) is 1. The lowest BCUT2D eigenvalue weighted by molar-refractivity contribution is -0.133. The summed E-state index contributed by atoms with van der Waals surface area (Å²) in [6.45, 7) is 4.26. The van der Waals surface area contributed by atoms with E-state index < -0.39 is 12.0 Å². The standard InChI is InChI=1S/C18H23N5O3/c1-12(24)8-17(26)23-6-4-22(5-7-23)14-9-15-13(2-3-16(19)25)10-20-18(15)21-11-14/h2-3,9-12,24H,4-8H2,1H3,(H2,19,25)(H,20,21)/b3-2+. The molecule has 1 unspecified atom stereocenters. The number of nitrogens with two attached hydrogens (primary N) is 1. The Kier molecular flexibility index (Phi) is 5.22. The van der Waals surface area contributed by atoms with Crippen molar-refractivity contribution in [3.8, 4) is 0 Å². The molecule has 138 valence electrons. The first-order valence-electron chi connectivity index (χ1n) is 8.59. The molecule has 0 aromatic carbocycles. The van der Waals surface area contributed by atoms with Gasteiger partial charge in [0.1, 0.15) is 5.65 Å². The zero-order valence-corrected chi connectivity index (χ0v) is 14.7. The molecule has 26 heavy (non-hydrogen) atoms. The molecule has 0 bridgehead atoms. The third-order valence-corrected chi connectivity index (χ3v) is 4.44. The van der Waals surface area contributed by atoms with Crippen LogP contribution < -0.4 is 10.6 Å². The van der Waals surface area contributed by atoms with Gasteiger partial charge in [0.15, 0.2) is 0 Å². The van der Waals surface area contributed by atoms with Crippen LogP contribution in [0.4, 0.5) is 5.69 Å². The molecule has 1 atom stereocenters. The molecule has 1 fully saturated rings. The molecule has 2 amide bonds. The summed E-state index contributed by atoms with van der Waals surface area (Å²) in [6, 6.07) is 2.02. The van der Waals surface area contributed by atoms with Crippen LogP contribution in [0.15, 0.2) is 24.5 Å². The Morgan fingerprint density at radius 3 is 2.77 bits per heavy atom. The highest BCUT2D eigenvalue weighted by Crippen LogP contribution is 2.24. The average Bonchev–Trinajstić information content (AvgIpc) is 3.01. The second-order valence-electron chi connectivity index (χ2n) is 6.49. The first-order chi connectivity index (χ1) is 12.4. The van der Waals surface area contributed by atoms with Gasteiger partial charge < -0.3 is 25.6 Å². The molecule has 4 N–H and O–H groups in total. The maximum absolute atomic E-state index is 12.0. The number of fused-ring (bicyclic) bond motifs is 1. The number of amides is 2. The molecular weight excluding hydrogens is 334 g/mol. The van der Waals surface area contributed by atoms with Crippen LogP contribution in [0, 0.1) is 0 Å². The minimum Gasteiger partial charge on any atom is -0.393 e. The number of nitrogens with zero attached hydrogens (tertiary/aromatic N) is 3. The quantitative estimate of drug-likeness (QED) is 0.673. The van der Waals surface area contributed by atoms with E-state index in [9.17, 15) is 14.7 Å². The Morgan fingerprint density at radius 1 is 1.38 bits per heavy atom. The van der Waals surface area contributed by atoms with E-state index in [1.165, 1.54) is 6.08 Å². The number of piperazine rings is 1. The number of aliphatic hydroxyl groups is 1. The third kappa shape index (κ3) is 4.02. The summed E-state index contributed by atoms with van der Waals surface area (Å²) in [4.78, 5) is 34.5. The van der Waals surface area contributed by atoms with Gasteiger partial charge in [-0.05, 0) is 19.1 Å². The van der Waals surface area contributed by atoms with Crippen LogP contribution in [-0.2, 0) is 9.59 Å². The molecule has 1 saturated heterocycles. The van der Waals surface area contributed by atoms with E-state index in [4.69, 9.17) is 5.73 Å². The summed E-state index contributed by atoms with van der Waals surface area (Å²) in [7, 11) is 0. The fourth-order valence-corrected chi connectivity index (χ4v) is 3.09. The van der Waals surface area contributed by atoms with E-state index in [1.807, 2.05) is 6.07 Å². The van der Waals surface area contributed by atoms with E-state index in [2.05, 4.69) is 14.9 Å². The minimum atomic E-state index is -0.618. The number of rotatable bonds is 5. The number of aliphatic hydroxyl groups excluding tert-OH is 1. The van der Waals surface area contributed by atoms with Crippen LogP contribution in [0.1, 0.15) is 18.9 Å². The van der Waals surface area contributed by atoms with Crippen LogP contribution in [0.5, 0.6) is 0 Å². The van der Waals surface area contributed by atoms with Crippen LogP contribution in [-0.4, -0.2) is 64.1 Å². The first-order valence-corrected chi connectivity index (χ1v) is 8.59. The lowest BCUT2D eigenvalue weighted by atomic mass is 10.1. The zero-order valence-electron chi connectivity index (χ0n) is 14.7. The Balaban J connectivity index is 1.72.